The van der Waals surface area contributed by atoms with E-state index in [1.807, 2.05) is 48.6 Å². The zero-order valence-electron chi connectivity index (χ0n) is 11.9. The van der Waals surface area contributed by atoms with E-state index >= 15 is 0 Å². The quantitative estimate of drug-likeness (QED) is 0.429. The van der Waals surface area contributed by atoms with Gasteiger partial charge in [0.2, 0.25) is 0 Å². The van der Waals surface area contributed by atoms with E-state index in [1.54, 1.807) is 6.07 Å². The minimum Gasteiger partial charge on any atom is -0.309 e. The van der Waals surface area contributed by atoms with E-state index in [4.69, 9.17) is 0 Å². The number of benzene rings is 3. The van der Waals surface area contributed by atoms with Gasteiger partial charge >= 0.3 is 0 Å². The summed E-state index contributed by atoms with van der Waals surface area (Å²) in [6.45, 7) is 0. The lowest BCUT2D eigenvalue weighted by atomic mass is 10.1. The second-order valence-corrected chi connectivity index (χ2v) is 5.27. The van der Waals surface area contributed by atoms with E-state index in [0.29, 0.717) is 0 Å². The SMILES string of the molecule is Fc1ccc2c(c1)C=Cc1ccccc1N2c1ccccc1. The summed E-state index contributed by atoms with van der Waals surface area (Å²) < 4.78 is 13.6. The van der Waals surface area contributed by atoms with Gasteiger partial charge in [-0.25, -0.2) is 4.39 Å². The van der Waals surface area contributed by atoms with Crippen LogP contribution in [0.2, 0.25) is 0 Å². The molecule has 0 N–H and O–H groups in total. The van der Waals surface area contributed by atoms with Crippen molar-refractivity contribution in [2.75, 3.05) is 4.90 Å². The Kier molecular flexibility index (Phi) is 3.01. The van der Waals surface area contributed by atoms with Gasteiger partial charge in [0.05, 0.1) is 11.4 Å². The van der Waals surface area contributed by atoms with Crippen LogP contribution in [0.1, 0.15) is 11.1 Å². The molecule has 0 saturated carbocycles. The number of hydrogen-bond acceptors (Lipinski definition) is 1. The molecule has 1 heterocycles. The molecule has 1 aliphatic heterocycles. The van der Waals surface area contributed by atoms with Crippen molar-refractivity contribution in [2.45, 2.75) is 0 Å². The van der Waals surface area contributed by atoms with Gasteiger partial charge in [-0.1, -0.05) is 48.6 Å². The number of rotatable bonds is 1. The monoisotopic (exact) mass is 287 g/mol. The predicted molar refractivity (Wildman–Crippen MR) is 90.0 cm³/mol. The van der Waals surface area contributed by atoms with Gasteiger partial charge in [0.1, 0.15) is 5.82 Å². The molecule has 0 saturated heterocycles. The van der Waals surface area contributed by atoms with Crippen LogP contribution in [0.15, 0.2) is 72.8 Å². The second-order valence-electron chi connectivity index (χ2n) is 5.27. The summed E-state index contributed by atoms with van der Waals surface area (Å²) in [5, 5.41) is 0. The molecule has 106 valence electrons. The zero-order valence-corrected chi connectivity index (χ0v) is 11.9. The molecule has 0 spiro atoms. The molecule has 3 aromatic rings. The lowest BCUT2D eigenvalue weighted by Gasteiger charge is -2.27. The van der Waals surface area contributed by atoms with Crippen LogP contribution in [0.25, 0.3) is 12.2 Å². The summed E-state index contributed by atoms with van der Waals surface area (Å²) in [7, 11) is 0. The van der Waals surface area contributed by atoms with E-state index in [2.05, 4.69) is 29.2 Å². The third kappa shape index (κ3) is 2.09. The largest absolute Gasteiger partial charge is 0.309 e. The van der Waals surface area contributed by atoms with Crippen molar-refractivity contribution in [1.29, 1.82) is 0 Å². The number of para-hydroxylation sites is 2. The first-order valence-corrected chi connectivity index (χ1v) is 7.25. The Balaban J connectivity index is 2.02. The van der Waals surface area contributed by atoms with Crippen LogP contribution in [0.3, 0.4) is 0 Å². The fraction of sp³-hybridized carbons (Fsp3) is 0. The summed E-state index contributed by atoms with van der Waals surface area (Å²) in [4.78, 5) is 2.17. The van der Waals surface area contributed by atoms with E-state index in [-0.39, 0.29) is 5.82 Å². The van der Waals surface area contributed by atoms with E-state index in [0.717, 1.165) is 28.2 Å². The normalized spacial score (nSPS) is 12.5. The summed E-state index contributed by atoms with van der Waals surface area (Å²) in [5.41, 5.74) is 5.12. The van der Waals surface area contributed by atoms with Gasteiger partial charge in [-0.2, -0.15) is 0 Å². The molecule has 0 radical (unpaired) electrons. The first-order chi connectivity index (χ1) is 10.8. The van der Waals surface area contributed by atoms with Gasteiger partial charge in [-0.15, -0.1) is 0 Å². The average molecular weight is 287 g/mol. The van der Waals surface area contributed by atoms with Gasteiger partial charge in [-0.05, 0) is 42.0 Å². The molecular weight excluding hydrogens is 273 g/mol. The number of anilines is 3. The van der Waals surface area contributed by atoms with Crippen LogP contribution >= 0.6 is 0 Å². The van der Waals surface area contributed by atoms with Crippen LogP contribution in [-0.2, 0) is 0 Å². The molecule has 0 bridgehead atoms. The van der Waals surface area contributed by atoms with Crippen LogP contribution < -0.4 is 4.90 Å². The average Bonchev–Trinajstić information content (AvgIpc) is 2.72. The first-order valence-electron chi connectivity index (χ1n) is 7.25. The molecule has 3 aromatic carbocycles. The molecule has 0 unspecified atom stereocenters. The van der Waals surface area contributed by atoms with Crippen molar-refractivity contribution in [2.24, 2.45) is 0 Å². The van der Waals surface area contributed by atoms with Gasteiger partial charge in [-0.3, -0.25) is 0 Å². The summed E-state index contributed by atoms with van der Waals surface area (Å²) in [6, 6.07) is 23.3. The minimum atomic E-state index is -0.220. The van der Waals surface area contributed by atoms with Gasteiger partial charge < -0.3 is 4.90 Å². The molecule has 1 aliphatic rings. The van der Waals surface area contributed by atoms with Gasteiger partial charge in [0.15, 0.2) is 0 Å². The highest BCUT2D eigenvalue weighted by Gasteiger charge is 2.19. The Hall–Kier alpha value is -2.87. The Bertz CT molecular complexity index is 853. The van der Waals surface area contributed by atoms with Crippen molar-refractivity contribution >= 4 is 29.2 Å². The lowest BCUT2D eigenvalue weighted by molar-refractivity contribution is 0.627. The maximum atomic E-state index is 13.6. The highest BCUT2D eigenvalue weighted by atomic mass is 19.1. The van der Waals surface area contributed by atoms with E-state index in [9.17, 15) is 4.39 Å². The zero-order chi connectivity index (χ0) is 14.9. The van der Waals surface area contributed by atoms with Crippen LogP contribution in [0.5, 0.6) is 0 Å². The number of halogens is 1. The molecule has 0 fully saturated rings. The first kappa shape index (κ1) is 12.8. The number of hydrogen-bond donors (Lipinski definition) is 0. The molecule has 0 aliphatic carbocycles. The topological polar surface area (TPSA) is 3.24 Å². The fourth-order valence-corrected chi connectivity index (χ4v) is 2.86. The molecule has 0 aromatic heterocycles. The standard InChI is InChI=1S/C20H14FN/c21-17-12-13-20-16(14-17)11-10-15-6-4-5-9-19(15)22(20)18-7-2-1-3-8-18/h1-14H. The Morgan fingerprint density at radius 3 is 2.18 bits per heavy atom. The number of nitrogens with zero attached hydrogens (tertiary/aromatic N) is 1. The van der Waals surface area contributed by atoms with Crippen LogP contribution in [0.4, 0.5) is 21.5 Å². The third-order valence-corrected chi connectivity index (χ3v) is 3.86. The van der Waals surface area contributed by atoms with Crippen LogP contribution in [-0.4, -0.2) is 0 Å². The van der Waals surface area contributed by atoms with E-state index < -0.39 is 0 Å². The predicted octanol–water partition coefficient (Wildman–Crippen LogP) is 5.78. The van der Waals surface area contributed by atoms with Crippen LogP contribution in [0, 0.1) is 5.82 Å². The Morgan fingerprint density at radius 1 is 0.636 bits per heavy atom. The highest BCUT2D eigenvalue weighted by Crippen LogP contribution is 2.41. The summed E-state index contributed by atoms with van der Waals surface area (Å²) in [5.74, 6) is -0.220. The number of fused-ring (bicyclic) bond motifs is 2. The molecule has 4 rings (SSSR count). The second kappa shape index (κ2) is 5.15. The summed E-state index contributed by atoms with van der Waals surface area (Å²) in [6.07, 6.45) is 4.01. The Morgan fingerprint density at radius 2 is 1.32 bits per heavy atom. The fourth-order valence-electron chi connectivity index (χ4n) is 2.86. The van der Waals surface area contributed by atoms with Crippen molar-refractivity contribution < 1.29 is 4.39 Å². The highest BCUT2D eigenvalue weighted by molar-refractivity contribution is 5.93. The maximum absolute atomic E-state index is 13.6. The smallest absolute Gasteiger partial charge is 0.123 e. The van der Waals surface area contributed by atoms with E-state index in [1.165, 1.54) is 6.07 Å². The van der Waals surface area contributed by atoms with Crippen molar-refractivity contribution in [1.82, 2.24) is 0 Å². The molecular formula is C20H14FN. The summed E-state index contributed by atoms with van der Waals surface area (Å²) >= 11 is 0. The molecule has 1 nitrogen and oxygen atoms in total. The van der Waals surface area contributed by atoms with Crippen molar-refractivity contribution in [3.8, 4) is 0 Å². The maximum Gasteiger partial charge on any atom is 0.123 e. The molecule has 2 heteroatoms. The van der Waals surface area contributed by atoms with Gasteiger partial charge in [0, 0.05) is 11.3 Å². The molecule has 22 heavy (non-hydrogen) atoms. The molecule has 0 atom stereocenters. The molecule has 0 amide bonds. The lowest BCUT2D eigenvalue weighted by Crippen LogP contribution is -2.11. The Labute approximate surface area is 129 Å². The van der Waals surface area contributed by atoms with Crippen molar-refractivity contribution in [3.05, 3.63) is 89.7 Å². The minimum absolute atomic E-state index is 0.220. The van der Waals surface area contributed by atoms with Crippen molar-refractivity contribution in [3.63, 3.8) is 0 Å². The van der Waals surface area contributed by atoms with Gasteiger partial charge in [0.25, 0.3) is 0 Å². The third-order valence-electron chi connectivity index (χ3n) is 3.86.